The molecular formula is C26H23N3O3S. The maximum absolute atomic E-state index is 13.9. The number of carbonyl (C=O) groups excluding carboxylic acids is 3. The Labute approximate surface area is 196 Å². The lowest BCUT2D eigenvalue weighted by Gasteiger charge is -2.33. The van der Waals surface area contributed by atoms with E-state index in [2.05, 4.69) is 5.32 Å². The smallest absolute Gasteiger partial charge is 0.269 e. The summed E-state index contributed by atoms with van der Waals surface area (Å²) in [6.07, 6.45) is 0. The molecule has 3 aromatic carbocycles. The zero-order valence-corrected chi connectivity index (χ0v) is 19.2. The molecule has 1 spiro atoms. The number of hydrogen-bond acceptors (Lipinski definition) is 4. The van der Waals surface area contributed by atoms with E-state index < -0.39 is 4.87 Å². The number of anilines is 3. The third kappa shape index (κ3) is 3.49. The first-order chi connectivity index (χ1) is 15.9. The van der Waals surface area contributed by atoms with Crippen molar-refractivity contribution in [3.63, 3.8) is 0 Å². The van der Waals surface area contributed by atoms with E-state index in [1.54, 1.807) is 4.90 Å². The second-order valence-corrected chi connectivity index (χ2v) is 9.49. The highest BCUT2D eigenvalue weighted by Crippen LogP contribution is 2.55. The molecule has 1 unspecified atom stereocenters. The van der Waals surface area contributed by atoms with Crippen molar-refractivity contribution in [3.05, 3.63) is 89.5 Å². The average molecular weight is 458 g/mol. The lowest BCUT2D eigenvalue weighted by molar-refractivity contribution is -0.124. The number of rotatable bonds is 4. The quantitative estimate of drug-likeness (QED) is 0.637. The Morgan fingerprint density at radius 3 is 2.27 bits per heavy atom. The van der Waals surface area contributed by atoms with Crippen LogP contribution in [-0.4, -0.2) is 30.0 Å². The van der Waals surface area contributed by atoms with Crippen LogP contribution < -0.4 is 15.1 Å². The van der Waals surface area contributed by atoms with Gasteiger partial charge in [-0.25, -0.2) is 0 Å². The fourth-order valence-electron chi connectivity index (χ4n) is 4.39. The maximum Gasteiger partial charge on any atom is 0.269 e. The highest BCUT2D eigenvalue weighted by molar-refractivity contribution is 8.02. The second kappa shape index (κ2) is 8.08. The Balaban J connectivity index is 1.50. The number of fused-ring (bicyclic) bond motifs is 2. The number of hydrogen-bond donors (Lipinski definition) is 1. The van der Waals surface area contributed by atoms with Crippen LogP contribution >= 0.6 is 11.8 Å². The van der Waals surface area contributed by atoms with Gasteiger partial charge in [0.05, 0.1) is 11.4 Å². The van der Waals surface area contributed by atoms with E-state index in [-0.39, 0.29) is 30.0 Å². The molecule has 33 heavy (non-hydrogen) atoms. The summed E-state index contributed by atoms with van der Waals surface area (Å²) < 4.78 is 0. The van der Waals surface area contributed by atoms with Crippen LogP contribution in [0.25, 0.3) is 0 Å². The van der Waals surface area contributed by atoms with Crippen LogP contribution in [0.2, 0.25) is 0 Å². The van der Waals surface area contributed by atoms with Crippen molar-refractivity contribution in [3.8, 4) is 0 Å². The molecule has 7 heteroatoms. The molecule has 0 radical (unpaired) electrons. The molecule has 1 fully saturated rings. The molecule has 1 saturated heterocycles. The van der Waals surface area contributed by atoms with E-state index in [1.165, 1.54) is 16.7 Å². The van der Waals surface area contributed by atoms with Crippen molar-refractivity contribution < 1.29 is 14.4 Å². The van der Waals surface area contributed by atoms with Crippen molar-refractivity contribution >= 4 is 46.5 Å². The Morgan fingerprint density at radius 2 is 1.58 bits per heavy atom. The van der Waals surface area contributed by atoms with Crippen molar-refractivity contribution in [2.75, 3.05) is 27.4 Å². The van der Waals surface area contributed by atoms with E-state index in [0.717, 1.165) is 16.7 Å². The topological polar surface area (TPSA) is 69.7 Å². The maximum atomic E-state index is 13.9. The molecular weight excluding hydrogens is 434 g/mol. The van der Waals surface area contributed by atoms with Crippen LogP contribution in [0, 0.1) is 13.8 Å². The summed E-state index contributed by atoms with van der Waals surface area (Å²) in [7, 11) is 0. The van der Waals surface area contributed by atoms with E-state index in [9.17, 15) is 14.4 Å². The van der Waals surface area contributed by atoms with Crippen LogP contribution in [0.1, 0.15) is 16.7 Å². The van der Waals surface area contributed by atoms with Gasteiger partial charge in [-0.2, -0.15) is 0 Å². The van der Waals surface area contributed by atoms with Gasteiger partial charge in [-0.1, -0.05) is 53.6 Å². The molecule has 2 aliphatic heterocycles. The molecule has 3 aromatic rings. The van der Waals surface area contributed by atoms with Crippen LogP contribution in [0.5, 0.6) is 0 Å². The van der Waals surface area contributed by atoms with Gasteiger partial charge in [0, 0.05) is 16.9 Å². The number of amides is 3. The van der Waals surface area contributed by atoms with E-state index in [0.29, 0.717) is 17.1 Å². The first-order valence-corrected chi connectivity index (χ1v) is 11.7. The Bertz CT molecular complexity index is 1260. The monoisotopic (exact) mass is 457 g/mol. The molecule has 5 rings (SSSR count). The summed E-state index contributed by atoms with van der Waals surface area (Å²) in [4.78, 5) is 41.7. The number of para-hydroxylation sites is 1. The van der Waals surface area contributed by atoms with Gasteiger partial charge in [0.25, 0.3) is 5.91 Å². The molecule has 1 N–H and O–H groups in total. The fourth-order valence-corrected chi connectivity index (χ4v) is 5.75. The van der Waals surface area contributed by atoms with E-state index in [1.807, 2.05) is 86.6 Å². The zero-order valence-electron chi connectivity index (χ0n) is 18.4. The summed E-state index contributed by atoms with van der Waals surface area (Å²) in [5.41, 5.74) is 4.89. The Morgan fingerprint density at radius 1 is 0.939 bits per heavy atom. The molecule has 6 nitrogen and oxygen atoms in total. The van der Waals surface area contributed by atoms with Crippen LogP contribution in [0.4, 0.5) is 17.1 Å². The molecule has 3 amide bonds. The number of nitrogens with one attached hydrogen (secondary N) is 1. The Kier molecular flexibility index (Phi) is 5.21. The third-order valence-corrected chi connectivity index (χ3v) is 7.38. The number of nitrogens with zero attached hydrogens (tertiary/aromatic N) is 2. The predicted molar refractivity (Wildman–Crippen MR) is 131 cm³/mol. The highest BCUT2D eigenvalue weighted by atomic mass is 32.2. The molecule has 2 heterocycles. The van der Waals surface area contributed by atoms with Crippen molar-refractivity contribution in [2.24, 2.45) is 0 Å². The van der Waals surface area contributed by atoms with Gasteiger partial charge in [-0.15, -0.1) is 11.8 Å². The third-order valence-electron chi connectivity index (χ3n) is 5.99. The summed E-state index contributed by atoms with van der Waals surface area (Å²) in [5.74, 6) is -0.510. The van der Waals surface area contributed by atoms with Crippen LogP contribution in [0.3, 0.4) is 0 Å². The minimum Gasteiger partial charge on any atom is -0.325 e. The number of carbonyl (C=O) groups is 3. The summed E-state index contributed by atoms with van der Waals surface area (Å²) in [6, 6.07) is 22.5. The molecule has 2 aliphatic rings. The summed E-state index contributed by atoms with van der Waals surface area (Å²) in [6.45, 7) is 3.82. The minimum absolute atomic E-state index is 0.127. The van der Waals surface area contributed by atoms with Gasteiger partial charge in [0.15, 0.2) is 0 Å². The van der Waals surface area contributed by atoms with E-state index >= 15 is 0 Å². The molecule has 1 atom stereocenters. The lowest BCUT2D eigenvalue weighted by Crippen LogP contribution is -2.50. The van der Waals surface area contributed by atoms with E-state index in [4.69, 9.17) is 0 Å². The molecule has 166 valence electrons. The summed E-state index contributed by atoms with van der Waals surface area (Å²) >= 11 is 1.31. The second-order valence-electron chi connectivity index (χ2n) is 8.32. The Hall–Kier alpha value is -3.58. The van der Waals surface area contributed by atoms with Gasteiger partial charge < -0.3 is 5.32 Å². The SMILES string of the molecule is Cc1ccc(NC(=O)CN2C(=O)C3(SCC(=O)N3c3ccc(C)cc3)c3ccccc32)cc1. The fraction of sp³-hybridized carbons (Fsp3) is 0.192. The van der Waals surface area contributed by atoms with Gasteiger partial charge in [-0.3, -0.25) is 24.2 Å². The van der Waals surface area contributed by atoms with Gasteiger partial charge >= 0.3 is 0 Å². The lowest BCUT2D eigenvalue weighted by atomic mass is 10.0. The molecule has 0 saturated carbocycles. The van der Waals surface area contributed by atoms with Crippen LogP contribution in [-0.2, 0) is 19.3 Å². The summed E-state index contributed by atoms with van der Waals surface area (Å²) in [5, 5.41) is 2.86. The molecule has 0 bridgehead atoms. The van der Waals surface area contributed by atoms with Crippen molar-refractivity contribution in [1.29, 1.82) is 0 Å². The molecule has 0 aliphatic carbocycles. The number of thioether (sulfide) groups is 1. The van der Waals surface area contributed by atoms with Gasteiger partial charge in [0.1, 0.15) is 6.54 Å². The van der Waals surface area contributed by atoms with Crippen molar-refractivity contribution in [2.45, 2.75) is 18.7 Å². The van der Waals surface area contributed by atoms with Crippen LogP contribution in [0.15, 0.2) is 72.8 Å². The first-order valence-electron chi connectivity index (χ1n) is 10.7. The predicted octanol–water partition coefficient (Wildman–Crippen LogP) is 4.22. The average Bonchev–Trinajstić information content (AvgIpc) is 3.27. The number of benzene rings is 3. The minimum atomic E-state index is -1.22. The van der Waals surface area contributed by atoms with Crippen molar-refractivity contribution in [1.82, 2.24) is 0 Å². The molecule has 0 aromatic heterocycles. The standard InChI is InChI=1S/C26H23N3O3S/c1-17-7-11-19(12-8-17)27-23(30)15-28-22-6-4-3-5-21(22)26(25(28)32)29(24(31)16-33-26)20-13-9-18(2)10-14-20/h3-14H,15-16H2,1-2H3,(H,27,30). The highest BCUT2D eigenvalue weighted by Gasteiger charge is 2.61. The van der Waals surface area contributed by atoms with Gasteiger partial charge in [0.2, 0.25) is 16.7 Å². The largest absolute Gasteiger partial charge is 0.325 e. The van der Waals surface area contributed by atoms with Gasteiger partial charge in [-0.05, 0) is 44.2 Å². The number of aryl methyl sites for hydroxylation is 2. The normalized spacial score (nSPS) is 19.3. The first kappa shape index (κ1) is 21.3. The zero-order chi connectivity index (χ0) is 23.2.